The summed E-state index contributed by atoms with van der Waals surface area (Å²) in [6.45, 7) is 0. The Balaban J connectivity index is 1.62. The molecule has 4 rings (SSSR count). The van der Waals surface area contributed by atoms with Gasteiger partial charge in [0.1, 0.15) is 0 Å². The van der Waals surface area contributed by atoms with Crippen LogP contribution in [-0.4, -0.2) is 11.5 Å². The molecule has 0 fully saturated rings. The Labute approximate surface area is 119 Å². The molecule has 0 bridgehead atoms. The maximum absolute atomic E-state index is 2.27. The Morgan fingerprint density at radius 1 is 0.750 bits per heavy atom. The first-order valence-electron chi connectivity index (χ1n) is 4.72. The van der Waals surface area contributed by atoms with Crippen molar-refractivity contribution < 1.29 is 0 Å². The normalized spacial score (nSPS) is 23.2. The molecule has 3 aliphatic rings. The summed E-state index contributed by atoms with van der Waals surface area (Å²) in [4.78, 5) is 6.15. The molecule has 0 nitrogen and oxygen atoms in total. The van der Waals surface area contributed by atoms with E-state index in [-0.39, 0.29) is 0 Å². The van der Waals surface area contributed by atoms with Gasteiger partial charge in [-0.25, -0.2) is 0 Å². The van der Waals surface area contributed by atoms with Crippen LogP contribution in [0.15, 0.2) is 38.8 Å². The van der Waals surface area contributed by atoms with E-state index in [1.165, 1.54) is 29.8 Å². The molecule has 0 radical (unpaired) electrons. The van der Waals surface area contributed by atoms with Crippen LogP contribution in [0.4, 0.5) is 0 Å². The molecule has 0 aromatic carbocycles. The highest BCUT2D eigenvalue weighted by Gasteiger charge is 2.30. The van der Waals surface area contributed by atoms with Crippen LogP contribution in [0.3, 0.4) is 0 Å². The van der Waals surface area contributed by atoms with E-state index < -0.39 is 0 Å². The van der Waals surface area contributed by atoms with E-state index in [0.717, 1.165) is 0 Å². The van der Waals surface area contributed by atoms with Gasteiger partial charge in [0, 0.05) is 41.9 Å². The summed E-state index contributed by atoms with van der Waals surface area (Å²) in [5, 5.41) is 4.53. The third kappa shape index (κ3) is 1.73. The molecular weight excluding hydrogens is 313 g/mol. The molecule has 4 heterocycles. The summed E-state index contributed by atoms with van der Waals surface area (Å²) in [6.07, 6.45) is 0. The molecule has 1 aromatic heterocycles. The summed E-state index contributed by atoms with van der Waals surface area (Å²) in [5.41, 5.74) is 0. The van der Waals surface area contributed by atoms with Crippen LogP contribution in [0, 0.1) is 0 Å². The van der Waals surface area contributed by atoms with Gasteiger partial charge in [-0.2, -0.15) is 23.1 Å². The van der Waals surface area contributed by atoms with E-state index in [9.17, 15) is 0 Å². The number of fused-ring (bicyclic) bond motifs is 1. The molecule has 0 saturated heterocycles. The fourth-order valence-corrected chi connectivity index (χ4v) is 9.88. The second-order valence-electron chi connectivity index (χ2n) is 3.42. The third-order valence-electron chi connectivity index (χ3n) is 2.37. The first-order chi connectivity index (χ1) is 7.90. The molecule has 0 unspecified atom stereocenters. The SMILES string of the molecule is c1scc2c1SC(=C1SC3=C(CSC3)S1)S2. The Bertz CT molecular complexity index is 483. The van der Waals surface area contributed by atoms with Gasteiger partial charge >= 0.3 is 0 Å². The quantitative estimate of drug-likeness (QED) is 0.616. The van der Waals surface area contributed by atoms with Crippen molar-refractivity contribution in [1.82, 2.24) is 0 Å². The molecule has 0 atom stereocenters. The Kier molecular flexibility index (Phi) is 2.87. The van der Waals surface area contributed by atoms with Gasteiger partial charge in [0.2, 0.25) is 0 Å². The van der Waals surface area contributed by atoms with Crippen molar-refractivity contribution in [3.8, 4) is 0 Å². The fraction of sp³-hybridized carbons (Fsp3) is 0.200. The van der Waals surface area contributed by atoms with Crippen LogP contribution in [0.2, 0.25) is 0 Å². The van der Waals surface area contributed by atoms with Gasteiger partial charge in [0.25, 0.3) is 0 Å². The fourth-order valence-electron chi connectivity index (χ4n) is 1.62. The van der Waals surface area contributed by atoms with E-state index >= 15 is 0 Å². The predicted molar refractivity (Wildman–Crippen MR) is 82.6 cm³/mol. The average Bonchev–Trinajstić information content (AvgIpc) is 2.94. The van der Waals surface area contributed by atoms with Crippen molar-refractivity contribution in [2.45, 2.75) is 9.79 Å². The molecule has 0 aliphatic carbocycles. The molecule has 6 heteroatoms. The van der Waals surface area contributed by atoms with E-state index in [1.54, 1.807) is 9.81 Å². The lowest BCUT2D eigenvalue weighted by atomic mass is 10.6. The van der Waals surface area contributed by atoms with Crippen molar-refractivity contribution >= 4 is 70.1 Å². The van der Waals surface area contributed by atoms with Crippen LogP contribution in [-0.2, 0) is 0 Å². The summed E-state index contributed by atoms with van der Waals surface area (Å²) < 4.78 is 3.04. The number of thiophene rings is 1. The molecule has 0 N–H and O–H groups in total. The van der Waals surface area contributed by atoms with Gasteiger partial charge in [-0.15, -0.1) is 0 Å². The third-order valence-corrected chi connectivity index (χ3v) is 10.5. The summed E-state index contributed by atoms with van der Waals surface area (Å²) in [7, 11) is 0. The Morgan fingerprint density at radius 2 is 1.31 bits per heavy atom. The highest BCUT2D eigenvalue weighted by molar-refractivity contribution is 8.33. The second kappa shape index (κ2) is 4.24. The monoisotopic (exact) mass is 318 g/mol. The molecule has 3 aliphatic heterocycles. The van der Waals surface area contributed by atoms with Crippen LogP contribution in [0.5, 0.6) is 0 Å². The van der Waals surface area contributed by atoms with Gasteiger partial charge in [0.15, 0.2) is 0 Å². The molecule has 82 valence electrons. The van der Waals surface area contributed by atoms with Crippen molar-refractivity contribution in [2.75, 3.05) is 11.5 Å². The summed E-state index contributed by atoms with van der Waals surface area (Å²) >= 11 is 11.8. The molecule has 0 saturated carbocycles. The standard InChI is InChI=1S/C10H6S6/c1-5-6(2-11-1)14-9(13-5)10-15-7-3-12-4-8(7)16-10/h1-2H,3-4H2. The van der Waals surface area contributed by atoms with Gasteiger partial charge < -0.3 is 0 Å². The Morgan fingerprint density at radius 3 is 1.94 bits per heavy atom. The number of hydrogen-bond acceptors (Lipinski definition) is 6. The molecule has 0 spiro atoms. The van der Waals surface area contributed by atoms with Gasteiger partial charge in [-0.1, -0.05) is 47.0 Å². The van der Waals surface area contributed by atoms with Crippen LogP contribution >= 0.6 is 70.1 Å². The van der Waals surface area contributed by atoms with E-state index in [0.29, 0.717) is 0 Å². The van der Waals surface area contributed by atoms with Gasteiger partial charge in [0.05, 0.1) is 8.47 Å². The average molecular weight is 319 g/mol. The molecular formula is C10H6S6. The number of thioether (sulfide) groups is 5. The lowest BCUT2D eigenvalue weighted by molar-refractivity contribution is 1.36. The van der Waals surface area contributed by atoms with E-state index in [1.807, 2.05) is 70.1 Å². The van der Waals surface area contributed by atoms with Crippen LogP contribution < -0.4 is 0 Å². The van der Waals surface area contributed by atoms with Gasteiger partial charge in [-0.05, 0) is 0 Å². The first kappa shape index (κ1) is 10.8. The summed E-state index contributed by atoms with van der Waals surface area (Å²) in [6, 6.07) is 0. The maximum atomic E-state index is 2.27. The highest BCUT2D eigenvalue weighted by atomic mass is 32.2. The largest absolute Gasteiger partial charge is 0.151 e. The lowest BCUT2D eigenvalue weighted by Gasteiger charge is -2.03. The zero-order valence-corrected chi connectivity index (χ0v) is 12.9. The minimum Gasteiger partial charge on any atom is -0.151 e. The Hall–Kier alpha value is 0.930. The highest BCUT2D eigenvalue weighted by Crippen LogP contribution is 2.62. The number of rotatable bonds is 0. The van der Waals surface area contributed by atoms with E-state index in [2.05, 4.69) is 10.8 Å². The van der Waals surface area contributed by atoms with Crippen molar-refractivity contribution in [3.05, 3.63) is 29.0 Å². The molecule has 16 heavy (non-hydrogen) atoms. The number of hydrogen-bond donors (Lipinski definition) is 0. The second-order valence-corrected chi connectivity index (χ2v) is 9.98. The zero-order chi connectivity index (χ0) is 10.5. The zero-order valence-electron chi connectivity index (χ0n) is 8.02. The topological polar surface area (TPSA) is 0 Å². The van der Waals surface area contributed by atoms with E-state index in [4.69, 9.17) is 0 Å². The summed E-state index contributed by atoms with van der Waals surface area (Å²) in [5.74, 6) is 2.47. The van der Waals surface area contributed by atoms with Crippen molar-refractivity contribution in [3.63, 3.8) is 0 Å². The molecule has 1 aromatic rings. The van der Waals surface area contributed by atoms with Crippen LogP contribution in [0.25, 0.3) is 0 Å². The molecule has 0 amide bonds. The van der Waals surface area contributed by atoms with Crippen molar-refractivity contribution in [1.29, 1.82) is 0 Å². The first-order valence-corrected chi connectivity index (χ1v) is 10.1. The van der Waals surface area contributed by atoms with Gasteiger partial charge in [-0.3, -0.25) is 0 Å². The van der Waals surface area contributed by atoms with Crippen LogP contribution in [0.1, 0.15) is 0 Å². The van der Waals surface area contributed by atoms with Crippen molar-refractivity contribution in [2.24, 2.45) is 0 Å². The minimum atomic E-state index is 1.24. The predicted octanol–water partition coefficient (Wildman–Crippen LogP) is 5.51. The maximum Gasteiger partial charge on any atom is 0.0707 e. The smallest absolute Gasteiger partial charge is 0.0707 e. The lowest BCUT2D eigenvalue weighted by Crippen LogP contribution is -1.74. The minimum absolute atomic E-state index is 1.24.